The molecule has 0 saturated heterocycles. The number of aromatic nitrogens is 1. The van der Waals surface area contributed by atoms with Crippen molar-refractivity contribution in [3.05, 3.63) is 95.6 Å². The standard InChI is InChI=1S/C23H24FN3O/c1-17(2)27(16-19-6-4-3-5-7-19)21-12-13-25-22(14-21)23(28)26-15-18-8-10-20(24)11-9-18/h3-14,17H,15-16H2,1-2H3,(H,26,28). The van der Waals surface area contributed by atoms with Gasteiger partial charge in [0.15, 0.2) is 0 Å². The summed E-state index contributed by atoms with van der Waals surface area (Å²) in [6.45, 7) is 5.32. The third-order valence-electron chi connectivity index (χ3n) is 4.49. The predicted molar refractivity (Wildman–Crippen MR) is 110 cm³/mol. The summed E-state index contributed by atoms with van der Waals surface area (Å²) in [5.74, 6) is -0.550. The second kappa shape index (κ2) is 9.13. The fourth-order valence-corrected chi connectivity index (χ4v) is 2.95. The number of rotatable bonds is 7. The Bertz CT molecular complexity index is 911. The first-order chi connectivity index (χ1) is 13.5. The quantitative estimate of drug-likeness (QED) is 0.656. The van der Waals surface area contributed by atoms with Crippen molar-refractivity contribution in [2.45, 2.75) is 33.0 Å². The normalized spacial score (nSPS) is 10.7. The van der Waals surface area contributed by atoms with Crippen LogP contribution in [0.25, 0.3) is 0 Å². The molecule has 0 saturated carbocycles. The van der Waals surface area contributed by atoms with E-state index in [1.165, 1.54) is 17.7 Å². The lowest BCUT2D eigenvalue weighted by molar-refractivity contribution is 0.0946. The van der Waals surface area contributed by atoms with Crippen LogP contribution in [0.1, 0.15) is 35.5 Å². The Balaban J connectivity index is 1.72. The van der Waals surface area contributed by atoms with E-state index >= 15 is 0 Å². The second-order valence-corrected chi connectivity index (χ2v) is 6.92. The fraction of sp³-hybridized carbons (Fsp3) is 0.217. The topological polar surface area (TPSA) is 45.2 Å². The zero-order chi connectivity index (χ0) is 19.9. The van der Waals surface area contributed by atoms with E-state index in [0.717, 1.165) is 17.8 Å². The van der Waals surface area contributed by atoms with Gasteiger partial charge in [0.05, 0.1) is 0 Å². The van der Waals surface area contributed by atoms with Crippen LogP contribution in [0, 0.1) is 5.82 Å². The summed E-state index contributed by atoms with van der Waals surface area (Å²) in [4.78, 5) is 19.0. The molecule has 144 valence electrons. The number of pyridine rings is 1. The average Bonchev–Trinajstić information content (AvgIpc) is 2.72. The van der Waals surface area contributed by atoms with Crippen LogP contribution in [0.15, 0.2) is 72.9 Å². The Labute approximate surface area is 165 Å². The molecule has 1 heterocycles. The highest BCUT2D eigenvalue weighted by Crippen LogP contribution is 2.20. The summed E-state index contributed by atoms with van der Waals surface area (Å²) < 4.78 is 13.0. The molecule has 0 spiro atoms. The van der Waals surface area contributed by atoms with Gasteiger partial charge in [0.2, 0.25) is 0 Å². The Kier molecular flexibility index (Phi) is 6.37. The molecule has 2 aromatic carbocycles. The van der Waals surface area contributed by atoms with Gasteiger partial charge in [-0.25, -0.2) is 4.39 Å². The summed E-state index contributed by atoms with van der Waals surface area (Å²) in [6.07, 6.45) is 1.66. The molecule has 1 N–H and O–H groups in total. The van der Waals surface area contributed by atoms with Gasteiger partial charge in [-0.05, 0) is 49.2 Å². The number of hydrogen-bond acceptors (Lipinski definition) is 3. The molecule has 3 aromatic rings. The minimum atomic E-state index is -0.295. The highest BCUT2D eigenvalue weighted by molar-refractivity contribution is 5.93. The highest BCUT2D eigenvalue weighted by atomic mass is 19.1. The zero-order valence-corrected chi connectivity index (χ0v) is 16.1. The van der Waals surface area contributed by atoms with Crippen molar-refractivity contribution in [1.29, 1.82) is 0 Å². The van der Waals surface area contributed by atoms with Crippen molar-refractivity contribution < 1.29 is 9.18 Å². The summed E-state index contributed by atoms with van der Waals surface area (Å²) in [5, 5.41) is 2.84. The van der Waals surface area contributed by atoms with E-state index in [9.17, 15) is 9.18 Å². The van der Waals surface area contributed by atoms with E-state index in [2.05, 4.69) is 41.2 Å². The van der Waals surface area contributed by atoms with Gasteiger partial charge in [-0.15, -0.1) is 0 Å². The van der Waals surface area contributed by atoms with Crippen molar-refractivity contribution >= 4 is 11.6 Å². The lowest BCUT2D eigenvalue weighted by atomic mass is 10.1. The maximum Gasteiger partial charge on any atom is 0.270 e. The predicted octanol–water partition coefficient (Wildman–Crippen LogP) is 4.57. The molecule has 0 aliphatic carbocycles. The Morgan fingerprint density at radius 3 is 2.43 bits per heavy atom. The molecule has 0 aliphatic rings. The number of nitrogens with zero attached hydrogens (tertiary/aromatic N) is 2. The van der Waals surface area contributed by atoms with Crippen LogP contribution in [0.4, 0.5) is 10.1 Å². The molecule has 5 heteroatoms. The highest BCUT2D eigenvalue weighted by Gasteiger charge is 2.14. The number of amides is 1. The minimum absolute atomic E-state index is 0.255. The van der Waals surface area contributed by atoms with E-state index < -0.39 is 0 Å². The van der Waals surface area contributed by atoms with Crippen LogP contribution >= 0.6 is 0 Å². The molecule has 0 fully saturated rings. The van der Waals surface area contributed by atoms with Crippen LogP contribution in [0.5, 0.6) is 0 Å². The van der Waals surface area contributed by atoms with E-state index in [1.54, 1.807) is 18.3 Å². The molecule has 3 rings (SSSR count). The van der Waals surface area contributed by atoms with E-state index in [0.29, 0.717) is 12.2 Å². The molecule has 0 atom stereocenters. The van der Waals surface area contributed by atoms with Crippen molar-refractivity contribution in [2.24, 2.45) is 0 Å². The molecule has 1 aromatic heterocycles. The van der Waals surface area contributed by atoms with Crippen LogP contribution in [0.3, 0.4) is 0 Å². The number of benzene rings is 2. The van der Waals surface area contributed by atoms with E-state index in [-0.39, 0.29) is 17.8 Å². The van der Waals surface area contributed by atoms with Crippen LogP contribution < -0.4 is 10.2 Å². The van der Waals surface area contributed by atoms with Crippen molar-refractivity contribution in [3.8, 4) is 0 Å². The minimum Gasteiger partial charge on any atom is -0.365 e. The maximum absolute atomic E-state index is 13.0. The fourth-order valence-electron chi connectivity index (χ4n) is 2.95. The SMILES string of the molecule is CC(C)N(Cc1ccccc1)c1ccnc(C(=O)NCc2ccc(F)cc2)c1. The Hall–Kier alpha value is -3.21. The average molecular weight is 377 g/mol. The third kappa shape index (κ3) is 5.16. The Morgan fingerprint density at radius 1 is 1.04 bits per heavy atom. The lowest BCUT2D eigenvalue weighted by Crippen LogP contribution is -2.31. The number of halogens is 1. The maximum atomic E-state index is 13.0. The lowest BCUT2D eigenvalue weighted by Gasteiger charge is -2.29. The van der Waals surface area contributed by atoms with Gasteiger partial charge < -0.3 is 10.2 Å². The van der Waals surface area contributed by atoms with E-state index in [4.69, 9.17) is 0 Å². The van der Waals surface area contributed by atoms with Gasteiger partial charge in [-0.1, -0.05) is 42.5 Å². The van der Waals surface area contributed by atoms with Gasteiger partial charge >= 0.3 is 0 Å². The third-order valence-corrected chi connectivity index (χ3v) is 4.49. The second-order valence-electron chi connectivity index (χ2n) is 6.92. The number of anilines is 1. The van der Waals surface area contributed by atoms with Gasteiger partial charge in [0.25, 0.3) is 5.91 Å². The smallest absolute Gasteiger partial charge is 0.270 e. The molecular formula is C23H24FN3O. The first kappa shape index (κ1) is 19.5. The van der Waals surface area contributed by atoms with Crippen molar-refractivity contribution in [1.82, 2.24) is 10.3 Å². The molecular weight excluding hydrogens is 353 g/mol. The zero-order valence-electron chi connectivity index (χ0n) is 16.1. The van der Waals surface area contributed by atoms with Crippen LogP contribution in [-0.4, -0.2) is 16.9 Å². The largest absolute Gasteiger partial charge is 0.365 e. The molecule has 1 amide bonds. The van der Waals surface area contributed by atoms with Gasteiger partial charge in [0.1, 0.15) is 11.5 Å². The van der Waals surface area contributed by atoms with Crippen molar-refractivity contribution in [3.63, 3.8) is 0 Å². The summed E-state index contributed by atoms with van der Waals surface area (Å²) in [5.41, 5.74) is 3.34. The molecule has 28 heavy (non-hydrogen) atoms. The molecule has 4 nitrogen and oxygen atoms in total. The van der Waals surface area contributed by atoms with Crippen LogP contribution in [-0.2, 0) is 13.1 Å². The number of hydrogen-bond donors (Lipinski definition) is 1. The molecule has 0 bridgehead atoms. The molecule has 0 aliphatic heterocycles. The van der Waals surface area contributed by atoms with Crippen LogP contribution in [0.2, 0.25) is 0 Å². The van der Waals surface area contributed by atoms with Gasteiger partial charge in [-0.3, -0.25) is 9.78 Å². The number of carbonyl (C=O) groups is 1. The summed E-state index contributed by atoms with van der Waals surface area (Å²) in [6, 6.07) is 20.3. The Morgan fingerprint density at radius 2 is 1.75 bits per heavy atom. The molecule has 0 unspecified atom stereocenters. The van der Waals surface area contributed by atoms with Gasteiger partial charge in [-0.2, -0.15) is 0 Å². The summed E-state index contributed by atoms with van der Waals surface area (Å²) in [7, 11) is 0. The monoisotopic (exact) mass is 377 g/mol. The first-order valence-electron chi connectivity index (χ1n) is 9.32. The number of carbonyl (C=O) groups excluding carboxylic acids is 1. The summed E-state index contributed by atoms with van der Waals surface area (Å²) >= 11 is 0. The molecule has 0 radical (unpaired) electrons. The first-order valence-corrected chi connectivity index (χ1v) is 9.32. The van der Waals surface area contributed by atoms with Gasteiger partial charge in [0, 0.05) is 31.0 Å². The van der Waals surface area contributed by atoms with Crippen molar-refractivity contribution in [2.75, 3.05) is 4.90 Å². The van der Waals surface area contributed by atoms with E-state index in [1.807, 2.05) is 30.3 Å². The number of nitrogens with one attached hydrogen (secondary N) is 1.